The van der Waals surface area contributed by atoms with E-state index in [1.807, 2.05) is 0 Å². The summed E-state index contributed by atoms with van der Waals surface area (Å²) in [5.74, 6) is -3.37. The van der Waals surface area contributed by atoms with Crippen LogP contribution in [-0.4, -0.2) is 64.7 Å². The van der Waals surface area contributed by atoms with Crippen molar-refractivity contribution in [3.05, 3.63) is 35.9 Å². The van der Waals surface area contributed by atoms with Crippen molar-refractivity contribution >= 4 is 23.7 Å². The fourth-order valence-corrected chi connectivity index (χ4v) is 2.22. The number of carbonyl (C=O) groups excluding carboxylic acids is 3. The quantitative estimate of drug-likeness (QED) is 0.270. The van der Waals surface area contributed by atoms with Crippen LogP contribution in [0.2, 0.25) is 0 Å². The first-order valence-electron chi connectivity index (χ1n) is 8.70. The maximum atomic E-state index is 12.3. The van der Waals surface area contributed by atoms with Crippen molar-refractivity contribution in [1.29, 1.82) is 0 Å². The second kappa shape index (κ2) is 11.0. The molecule has 3 amide bonds. The second-order valence-electron chi connectivity index (χ2n) is 6.35. The molecule has 0 saturated carbocycles. The molecule has 0 aliphatic heterocycles. The predicted octanol–water partition coefficient (Wildman–Crippen LogP) is -1.87. The van der Waals surface area contributed by atoms with Gasteiger partial charge >= 0.3 is 5.97 Å². The lowest BCUT2D eigenvalue weighted by atomic mass is 10.1. The van der Waals surface area contributed by atoms with Crippen molar-refractivity contribution in [2.45, 2.75) is 44.4 Å². The first-order chi connectivity index (χ1) is 13.1. The summed E-state index contributed by atoms with van der Waals surface area (Å²) in [4.78, 5) is 47.4. The molecule has 154 valence electrons. The van der Waals surface area contributed by atoms with E-state index in [0.717, 1.165) is 5.56 Å². The van der Waals surface area contributed by atoms with Gasteiger partial charge in [0.2, 0.25) is 17.7 Å². The lowest BCUT2D eigenvalue weighted by molar-refractivity contribution is -0.142. The highest BCUT2D eigenvalue weighted by Gasteiger charge is 2.27. The van der Waals surface area contributed by atoms with Crippen LogP contribution < -0.4 is 21.7 Å². The number of aliphatic hydroxyl groups excluding tert-OH is 1. The number of hydrogen-bond acceptors (Lipinski definition) is 6. The molecule has 10 nitrogen and oxygen atoms in total. The summed E-state index contributed by atoms with van der Waals surface area (Å²) in [6.45, 7) is 2.08. The number of hydrogen-bond donors (Lipinski definition) is 6. The maximum Gasteiger partial charge on any atom is 0.326 e. The van der Waals surface area contributed by atoms with Gasteiger partial charge in [0, 0.05) is 6.42 Å². The summed E-state index contributed by atoms with van der Waals surface area (Å²) in [6.07, 6.45) is 0.0757. The first kappa shape index (κ1) is 23.1. The minimum atomic E-state index is -1.28. The SMILES string of the molecule is C[C@H](N)C(=O)N[C@@H](CO)C(=O)N[C@@H](C)C(=O)N[C@@H](Cc1ccccc1)C(=O)O. The van der Waals surface area contributed by atoms with Crippen LogP contribution >= 0.6 is 0 Å². The first-order valence-corrected chi connectivity index (χ1v) is 8.70. The molecule has 1 rings (SSSR count). The third-order valence-electron chi connectivity index (χ3n) is 3.88. The summed E-state index contributed by atoms with van der Waals surface area (Å²) in [5, 5.41) is 25.5. The maximum absolute atomic E-state index is 12.3. The zero-order valence-electron chi connectivity index (χ0n) is 15.7. The van der Waals surface area contributed by atoms with Crippen molar-refractivity contribution in [3.63, 3.8) is 0 Å². The number of carbonyl (C=O) groups is 4. The normalized spacial score (nSPS) is 14.9. The van der Waals surface area contributed by atoms with Crippen LogP contribution in [0, 0.1) is 0 Å². The van der Waals surface area contributed by atoms with Gasteiger partial charge in [-0.1, -0.05) is 30.3 Å². The van der Waals surface area contributed by atoms with Crippen LogP contribution in [0.5, 0.6) is 0 Å². The van der Waals surface area contributed by atoms with Crippen LogP contribution in [0.15, 0.2) is 30.3 Å². The summed E-state index contributed by atoms with van der Waals surface area (Å²) in [7, 11) is 0. The molecule has 0 spiro atoms. The van der Waals surface area contributed by atoms with Crippen molar-refractivity contribution in [2.75, 3.05) is 6.61 Å². The van der Waals surface area contributed by atoms with E-state index in [1.54, 1.807) is 30.3 Å². The van der Waals surface area contributed by atoms with Crippen molar-refractivity contribution < 1.29 is 29.4 Å². The third-order valence-corrected chi connectivity index (χ3v) is 3.88. The topological polar surface area (TPSA) is 171 Å². The Kier molecular flexibility index (Phi) is 9.06. The Labute approximate surface area is 162 Å². The van der Waals surface area contributed by atoms with E-state index in [0.29, 0.717) is 0 Å². The highest BCUT2D eigenvalue weighted by atomic mass is 16.4. The zero-order valence-corrected chi connectivity index (χ0v) is 15.7. The summed E-state index contributed by atoms with van der Waals surface area (Å²) >= 11 is 0. The van der Waals surface area contributed by atoms with Gasteiger partial charge in [0.25, 0.3) is 0 Å². The fraction of sp³-hybridized carbons (Fsp3) is 0.444. The number of nitrogens with one attached hydrogen (secondary N) is 3. The average molecular weight is 394 g/mol. The van der Waals surface area contributed by atoms with E-state index in [4.69, 9.17) is 5.73 Å². The highest BCUT2D eigenvalue weighted by molar-refractivity contribution is 5.93. The Morgan fingerprint density at radius 1 is 0.929 bits per heavy atom. The van der Waals surface area contributed by atoms with E-state index in [1.165, 1.54) is 13.8 Å². The Morgan fingerprint density at radius 2 is 1.50 bits per heavy atom. The van der Waals surface area contributed by atoms with E-state index in [9.17, 15) is 29.4 Å². The van der Waals surface area contributed by atoms with E-state index >= 15 is 0 Å². The fourth-order valence-electron chi connectivity index (χ4n) is 2.22. The van der Waals surface area contributed by atoms with Crippen LogP contribution in [0.25, 0.3) is 0 Å². The Balaban J connectivity index is 2.67. The Bertz CT molecular complexity index is 695. The van der Waals surface area contributed by atoms with Gasteiger partial charge < -0.3 is 31.9 Å². The molecular formula is C18H26N4O6. The molecule has 1 aromatic rings. The molecule has 0 heterocycles. The molecule has 0 aliphatic carbocycles. The number of carboxylic acids is 1. The van der Waals surface area contributed by atoms with E-state index < -0.39 is 54.5 Å². The van der Waals surface area contributed by atoms with Gasteiger partial charge in [0.15, 0.2) is 0 Å². The number of rotatable bonds is 10. The van der Waals surface area contributed by atoms with Gasteiger partial charge in [-0.05, 0) is 19.4 Å². The minimum Gasteiger partial charge on any atom is -0.480 e. The van der Waals surface area contributed by atoms with E-state index in [-0.39, 0.29) is 6.42 Å². The van der Waals surface area contributed by atoms with Crippen molar-refractivity contribution in [1.82, 2.24) is 16.0 Å². The molecule has 1 aromatic carbocycles. The Morgan fingerprint density at radius 3 is 2.00 bits per heavy atom. The van der Waals surface area contributed by atoms with Gasteiger partial charge in [-0.3, -0.25) is 14.4 Å². The number of nitrogens with two attached hydrogens (primary N) is 1. The third kappa shape index (κ3) is 7.33. The van der Waals surface area contributed by atoms with Gasteiger partial charge in [-0.25, -0.2) is 4.79 Å². The predicted molar refractivity (Wildman–Crippen MR) is 100.0 cm³/mol. The molecule has 0 unspecified atom stereocenters. The molecule has 28 heavy (non-hydrogen) atoms. The van der Waals surface area contributed by atoms with Crippen LogP contribution in [-0.2, 0) is 25.6 Å². The molecule has 0 aromatic heterocycles. The molecular weight excluding hydrogens is 368 g/mol. The minimum absolute atomic E-state index is 0.0757. The van der Waals surface area contributed by atoms with Crippen LogP contribution in [0.1, 0.15) is 19.4 Å². The highest BCUT2D eigenvalue weighted by Crippen LogP contribution is 2.04. The summed E-state index contributed by atoms with van der Waals surface area (Å²) in [5.41, 5.74) is 6.12. The molecule has 0 fully saturated rings. The van der Waals surface area contributed by atoms with Crippen LogP contribution in [0.3, 0.4) is 0 Å². The molecule has 0 aliphatic rings. The number of aliphatic carboxylic acids is 1. The molecule has 0 bridgehead atoms. The molecule has 4 atom stereocenters. The van der Waals surface area contributed by atoms with Gasteiger partial charge in [-0.15, -0.1) is 0 Å². The van der Waals surface area contributed by atoms with Crippen molar-refractivity contribution in [3.8, 4) is 0 Å². The lowest BCUT2D eigenvalue weighted by Crippen LogP contribution is -2.57. The van der Waals surface area contributed by atoms with Crippen LogP contribution in [0.4, 0.5) is 0 Å². The number of carboxylic acid groups (broad SMARTS) is 1. The largest absolute Gasteiger partial charge is 0.480 e. The van der Waals surface area contributed by atoms with Gasteiger partial charge in [0.05, 0.1) is 12.6 Å². The van der Waals surface area contributed by atoms with Gasteiger partial charge in [-0.2, -0.15) is 0 Å². The number of aliphatic hydroxyl groups is 1. The summed E-state index contributed by atoms with van der Waals surface area (Å²) in [6, 6.07) is 4.34. The monoisotopic (exact) mass is 394 g/mol. The Hall–Kier alpha value is -2.98. The van der Waals surface area contributed by atoms with Crippen molar-refractivity contribution in [2.24, 2.45) is 5.73 Å². The molecule has 0 radical (unpaired) electrons. The lowest BCUT2D eigenvalue weighted by Gasteiger charge is -2.22. The second-order valence-corrected chi connectivity index (χ2v) is 6.35. The molecule has 10 heteroatoms. The smallest absolute Gasteiger partial charge is 0.326 e. The average Bonchev–Trinajstić information content (AvgIpc) is 2.65. The summed E-state index contributed by atoms with van der Waals surface area (Å²) < 4.78 is 0. The zero-order chi connectivity index (χ0) is 21.3. The standard InChI is InChI=1S/C18H26N4O6/c1-10(19)15(24)22-14(9-23)17(26)20-11(2)16(25)21-13(18(27)28)8-12-6-4-3-5-7-12/h3-7,10-11,13-14,23H,8-9,19H2,1-2H3,(H,20,26)(H,21,25)(H,22,24)(H,27,28)/t10-,11-,13-,14-/m0/s1. The van der Waals surface area contributed by atoms with E-state index in [2.05, 4.69) is 16.0 Å². The number of amides is 3. The number of benzene rings is 1. The van der Waals surface area contributed by atoms with Gasteiger partial charge in [0.1, 0.15) is 18.1 Å². The molecule has 7 N–H and O–H groups in total. The molecule has 0 saturated heterocycles.